The van der Waals surface area contributed by atoms with Gasteiger partial charge in [0, 0.05) is 21.3 Å². The highest BCUT2D eigenvalue weighted by Gasteiger charge is 2.36. The Morgan fingerprint density at radius 2 is 1.44 bits per heavy atom. The highest BCUT2D eigenvalue weighted by Crippen LogP contribution is 2.62. The van der Waals surface area contributed by atoms with E-state index in [-0.39, 0.29) is 5.90 Å². The lowest BCUT2D eigenvalue weighted by Gasteiger charge is -2.20. The first-order valence-corrected chi connectivity index (χ1v) is 8.40. The van der Waals surface area contributed by atoms with Crippen LogP contribution in [0.2, 0.25) is 0 Å². The molecule has 0 bridgehead atoms. The predicted octanol–water partition coefficient (Wildman–Crippen LogP) is 3.09. The lowest BCUT2D eigenvalue weighted by atomic mass is 10.4. The quantitative estimate of drug-likeness (QED) is 0.475. The Labute approximate surface area is 96.7 Å². The minimum atomic E-state index is -3.40. The summed E-state index contributed by atoms with van der Waals surface area (Å²) in [7, 11) is -3.06. The van der Waals surface area contributed by atoms with Crippen molar-refractivity contribution in [2.24, 2.45) is 0 Å². The summed E-state index contributed by atoms with van der Waals surface area (Å²) < 4.78 is 43.1. The first-order valence-electron chi connectivity index (χ1n) is 4.95. The van der Waals surface area contributed by atoms with E-state index in [1.807, 2.05) is 6.92 Å². The predicted molar refractivity (Wildman–Crippen MR) is 62.0 cm³/mol. The van der Waals surface area contributed by atoms with Gasteiger partial charge in [-0.05, 0) is 6.42 Å². The van der Waals surface area contributed by atoms with E-state index in [0.29, 0.717) is 6.61 Å². The van der Waals surface area contributed by atoms with E-state index in [0.717, 1.165) is 12.8 Å². The van der Waals surface area contributed by atoms with Crippen LogP contribution in [0.15, 0.2) is 0 Å². The molecule has 1 unspecified atom stereocenters. The van der Waals surface area contributed by atoms with Gasteiger partial charge in [-0.3, -0.25) is 9.13 Å². The third-order valence-electron chi connectivity index (χ3n) is 1.97. The molecule has 0 rings (SSSR count). The molecule has 0 amide bonds. The molecule has 0 radical (unpaired) electrons. The smallest absolute Gasteiger partial charge is 0.311 e. The van der Waals surface area contributed by atoms with Gasteiger partial charge >= 0.3 is 15.2 Å². The van der Waals surface area contributed by atoms with E-state index in [2.05, 4.69) is 0 Å². The summed E-state index contributed by atoms with van der Waals surface area (Å²) in [5.41, 5.74) is 0. The Bertz CT molecular complexity index is 272. The van der Waals surface area contributed by atoms with Crippen LogP contribution in [-0.4, -0.2) is 33.8 Å². The minimum absolute atomic E-state index is 0.301. The molecule has 0 heterocycles. The molecule has 0 aliphatic carbocycles. The zero-order valence-corrected chi connectivity index (χ0v) is 12.0. The van der Waals surface area contributed by atoms with Crippen molar-refractivity contribution < 1.29 is 27.2 Å². The number of unbranched alkanes of at least 4 members (excludes halogenated alkanes) is 1. The van der Waals surface area contributed by atoms with Crippen LogP contribution in [0.1, 0.15) is 19.8 Å². The van der Waals surface area contributed by atoms with Gasteiger partial charge in [0.1, 0.15) is 0 Å². The van der Waals surface area contributed by atoms with E-state index in [9.17, 15) is 9.13 Å². The topological polar surface area (TPSA) is 71.1 Å². The molecule has 0 aromatic rings. The van der Waals surface area contributed by atoms with Crippen LogP contribution in [0.5, 0.6) is 0 Å². The molecule has 8 heteroatoms. The van der Waals surface area contributed by atoms with Gasteiger partial charge in [-0.1, -0.05) is 13.3 Å². The average molecular weight is 274 g/mol. The van der Waals surface area contributed by atoms with E-state index in [1.165, 1.54) is 21.3 Å². The van der Waals surface area contributed by atoms with Crippen molar-refractivity contribution in [1.82, 2.24) is 0 Å². The molecule has 6 nitrogen and oxygen atoms in total. The van der Waals surface area contributed by atoms with Gasteiger partial charge in [0.25, 0.3) is 0 Å². The molecule has 0 aliphatic rings. The van der Waals surface area contributed by atoms with Crippen molar-refractivity contribution in [3.05, 3.63) is 0 Å². The zero-order valence-electron chi connectivity index (χ0n) is 10.2. The molecule has 0 aliphatic heterocycles. The summed E-state index contributed by atoms with van der Waals surface area (Å²) in [4.78, 5) is 0. The van der Waals surface area contributed by atoms with Crippen LogP contribution in [0.25, 0.3) is 0 Å². The van der Waals surface area contributed by atoms with Crippen molar-refractivity contribution in [1.29, 1.82) is 0 Å². The molecule has 0 saturated carbocycles. The molecular weight excluding hydrogens is 254 g/mol. The summed E-state index contributed by atoms with van der Waals surface area (Å²) in [5.74, 6) is -0.368. The molecular formula is C8H20O6P2. The van der Waals surface area contributed by atoms with Crippen LogP contribution in [0, 0.1) is 0 Å². The highest BCUT2D eigenvalue weighted by molar-refractivity contribution is 7.71. The fraction of sp³-hybridized carbons (Fsp3) is 1.00. The maximum Gasteiger partial charge on any atom is 0.342 e. The summed E-state index contributed by atoms with van der Waals surface area (Å²) >= 11 is 0. The molecule has 0 N–H and O–H groups in total. The Kier molecular flexibility index (Phi) is 7.73. The Morgan fingerprint density at radius 1 is 0.938 bits per heavy atom. The van der Waals surface area contributed by atoms with Crippen LogP contribution in [-0.2, 0) is 27.2 Å². The summed E-state index contributed by atoms with van der Waals surface area (Å²) in [6.07, 6.45) is 1.67. The lowest BCUT2D eigenvalue weighted by molar-refractivity contribution is 0.227. The normalized spacial score (nSPS) is 16.0. The van der Waals surface area contributed by atoms with Gasteiger partial charge in [-0.25, -0.2) is 0 Å². The fourth-order valence-electron chi connectivity index (χ4n) is 0.901. The second-order valence-electron chi connectivity index (χ2n) is 3.10. The van der Waals surface area contributed by atoms with Crippen molar-refractivity contribution in [2.75, 3.05) is 33.8 Å². The van der Waals surface area contributed by atoms with E-state index in [1.54, 1.807) is 0 Å². The molecule has 0 aromatic carbocycles. The van der Waals surface area contributed by atoms with Crippen molar-refractivity contribution in [3.63, 3.8) is 0 Å². The summed E-state index contributed by atoms with van der Waals surface area (Å²) in [5, 5.41) is 0. The number of rotatable bonds is 9. The van der Waals surface area contributed by atoms with Crippen molar-refractivity contribution in [2.45, 2.75) is 19.8 Å². The Morgan fingerprint density at radius 3 is 1.81 bits per heavy atom. The molecule has 0 fully saturated rings. The number of hydrogen-bond donors (Lipinski definition) is 0. The van der Waals surface area contributed by atoms with Crippen molar-refractivity contribution >= 4 is 15.2 Å². The maximum absolute atomic E-state index is 12.0. The summed E-state index contributed by atoms with van der Waals surface area (Å²) in [6.45, 7) is 2.28. The van der Waals surface area contributed by atoms with Gasteiger partial charge in [0.15, 0.2) is 5.90 Å². The van der Waals surface area contributed by atoms with Gasteiger partial charge in [0.05, 0.1) is 6.61 Å². The molecule has 0 aromatic heterocycles. The second kappa shape index (κ2) is 7.59. The zero-order chi connectivity index (χ0) is 12.7. The summed E-state index contributed by atoms with van der Waals surface area (Å²) in [6, 6.07) is 0. The molecule has 98 valence electrons. The van der Waals surface area contributed by atoms with Gasteiger partial charge in [-0.2, -0.15) is 0 Å². The SMILES string of the molecule is CCCCOP(=O)(CP(=O)(OC)OC)OC. The first kappa shape index (κ1) is 16.3. The van der Waals surface area contributed by atoms with Crippen molar-refractivity contribution in [3.8, 4) is 0 Å². The molecule has 16 heavy (non-hydrogen) atoms. The Balaban J connectivity index is 4.47. The van der Waals surface area contributed by atoms with E-state index < -0.39 is 15.2 Å². The standard InChI is InChI=1S/C8H20O6P2/c1-5-6-7-14-16(10,13-4)8-15(9,11-2)12-3/h5-8H2,1-4H3. The van der Waals surface area contributed by atoms with E-state index >= 15 is 0 Å². The van der Waals surface area contributed by atoms with Crippen LogP contribution in [0.4, 0.5) is 0 Å². The van der Waals surface area contributed by atoms with Crippen LogP contribution in [0.3, 0.4) is 0 Å². The molecule has 1 atom stereocenters. The van der Waals surface area contributed by atoms with E-state index in [4.69, 9.17) is 18.1 Å². The highest BCUT2D eigenvalue weighted by atomic mass is 31.2. The molecule has 0 saturated heterocycles. The fourth-order valence-corrected chi connectivity index (χ4v) is 4.97. The molecule has 0 spiro atoms. The monoisotopic (exact) mass is 274 g/mol. The lowest BCUT2D eigenvalue weighted by Crippen LogP contribution is -2.02. The maximum atomic E-state index is 12.0. The van der Waals surface area contributed by atoms with Crippen LogP contribution < -0.4 is 0 Å². The average Bonchev–Trinajstić information content (AvgIpc) is 2.29. The van der Waals surface area contributed by atoms with Gasteiger partial charge in [-0.15, -0.1) is 0 Å². The minimum Gasteiger partial charge on any atom is -0.311 e. The van der Waals surface area contributed by atoms with Gasteiger partial charge < -0.3 is 18.1 Å². The third kappa shape index (κ3) is 5.58. The van der Waals surface area contributed by atoms with Crippen LogP contribution >= 0.6 is 15.2 Å². The van der Waals surface area contributed by atoms with Gasteiger partial charge in [0.2, 0.25) is 0 Å². The third-order valence-corrected chi connectivity index (χ3v) is 6.98. The first-order chi connectivity index (χ1) is 7.45. The second-order valence-corrected chi connectivity index (χ2v) is 8.03. The largest absolute Gasteiger partial charge is 0.342 e. The Hall–Kier alpha value is 0.300. The number of hydrogen-bond acceptors (Lipinski definition) is 6.